The van der Waals surface area contributed by atoms with Crippen LogP contribution in [0.4, 0.5) is 4.79 Å². The number of ether oxygens (including phenoxy) is 1. The van der Waals surface area contributed by atoms with Crippen molar-refractivity contribution in [2.75, 3.05) is 13.1 Å². The van der Waals surface area contributed by atoms with Crippen LogP contribution in [-0.2, 0) is 0 Å². The van der Waals surface area contributed by atoms with Crippen molar-refractivity contribution in [3.05, 3.63) is 36.5 Å². The van der Waals surface area contributed by atoms with E-state index >= 15 is 0 Å². The van der Waals surface area contributed by atoms with Gasteiger partial charge in [0.05, 0.1) is 6.54 Å². The molecule has 25 heavy (non-hydrogen) atoms. The van der Waals surface area contributed by atoms with E-state index in [0.717, 1.165) is 42.5 Å². The highest BCUT2D eigenvalue weighted by atomic mass is 16.5. The second kappa shape index (κ2) is 7.30. The molecule has 1 atom stereocenters. The summed E-state index contributed by atoms with van der Waals surface area (Å²) >= 11 is 0. The van der Waals surface area contributed by atoms with Crippen LogP contribution in [0.25, 0.3) is 10.9 Å². The van der Waals surface area contributed by atoms with Crippen LogP contribution in [0.1, 0.15) is 38.5 Å². The van der Waals surface area contributed by atoms with Gasteiger partial charge < -0.3 is 15.0 Å². The molecule has 1 aromatic heterocycles. The SMILES string of the molecule is O=C(NC1CCCCC1)N1CCC(Oc2cccc3cccnc23)C1. The highest BCUT2D eigenvalue weighted by molar-refractivity contribution is 5.84. The molecule has 5 nitrogen and oxygen atoms in total. The number of likely N-dealkylation sites (tertiary alicyclic amines) is 1. The molecule has 0 bridgehead atoms. The Labute approximate surface area is 148 Å². The summed E-state index contributed by atoms with van der Waals surface area (Å²) in [6.07, 6.45) is 8.66. The number of benzene rings is 1. The smallest absolute Gasteiger partial charge is 0.317 e. The molecule has 1 aliphatic carbocycles. The quantitative estimate of drug-likeness (QED) is 0.927. The van der Waals surface area contributed by atoms with Crippen molar-refractivity contribution in [1.82, 2.24) is 15.2 Å². The molecule has 1 saturated heterocycles. The number of fused-ring (bicyclic) bond motifs is 1. The molecule has 1 unspecified atom stereocenters. The molecular weight excluding hydrogens is 314 g/mol. The second-order valence-corrected chi connectivity index (χ2v) is 7.09. The van der Waals surface area contributed by atoms with Gasteiger partial charge in [-0.2, -0.15) is 0 Å². The molecule has 1 saturated carbocycles. The minimum atomic E-state index is 0.0321. The number of nitrogens with one attached hydrogen (secondary N) is 1. The Morgan fingerprint density at radius 3 is 2.84 bits per heavy atom. The van der Waals surface area contributed by atoms with Crippen LogP contribution in [0.15, 0.2) is 36.5 Å². The summed E-state index contributed by atoms with van der Waals surface area (Å²) in [5, 5.41) is 4.27. The van der Waals surface area contributed by atoms with Crippen molar-refractivity contribution < 1.29 is 9.53 Å². The highest BCUT2D eigenvalue weighted by Gasteiger charge is 2.29. The number of rotatable bonds is 3. The molecule has 0 radical (unpaired) electrons. The van der Waals surface area contributed by atoms with E-state index in [1.807, 2.05) is 35.2 Å². The number of pyridine rings is 1. The molecule has 4 rings (SSSR count). The number of carbonyl (C=O) groups excluding carboxylic acids is 1. The Hall–Kier alpha value is -2.30. The van der Waals surface area contributed by atoms with Crippen LogP contribution in [0, 0.1) is 0 Å². The maximum Gasteiger partial charge on any atom is 0.317 e. The Morgan fingerprint density at radius 2 is 1.96 bits per heavy atom. The minimum Gasteiger partial charge on any atom is -0.486 e. The lowest BCUT2D eigenvalue weighted by atomic mass is 9.96. The minimum absolute atomic E-state index is 0.0321. The van der Waals surface area contributed by atoms with E-state index in [2.05, 4.69) is 10.3 Å². The summed E-state index contributed by atoms with van der Waals surface area (Å²) in [6, 6.07) is 10.4. The maximum atomic E-state index is 12.5. The van der Waals surface area contributed by atoms with E-state index in [9.17, 15) is 4.79 Å². The number of carbonyl (C=O) groups is 1. The topological polar surface area (TPSA) is 54.5 Å². The summed E-state index contributed by atoms with van der Waals surface area (Å²) in [5.41, 5.74) is 0.884. The predicted molar refractivity (Wildman–Crippen MR) is 97.8 cm³/mol. The molecule has 132 valence electrons. The van der Waals surface area contributed by atoms with E-state index in [4.69, 9.17) is 4.74 Å². The Balaban J connectivity index is 1.36. The first-order valence-corrected chi connectivity index (χ1v) is 9.35. The summed E-state index contributed by atoms with van der Waals surface area (Å²) < 4.78 is 6.17. The largest absolute Gasteiger partial charge is 0.486 e. The zero-order valence-electron chi connectivity index (χ0n) is 14.5. The van der Waals surface area contributed by atoms with E-state index < -0.39 is 0 Å². The summed E-state index contributed by atoms with van der Waals surface area (Å²) in [4.78, 5) is 18.8. The third-order valence-electron chi connectivity index (χ3n) is 5.25. The Kier molecular flexibility index (Phi) is 4.72. The third-order valence-corrected chi connectivity index (χ3v) is 5.25. The first-order chi connectivity index (χ1) is 12.3. The average molecular weight is 339 g/mol. The third kappa shape index (κ3) is 3.70. The van der Waals surface area contributed by atoms with Crippen LogP contribution in [0.2, 0.25) is 0 Å². The molecule has 1 N–H and O–H groups in total. The number of hydrogen-bond acceptors (Lipinski definition) is 3. The zero-order chi connectivity index (χ0) is 17.1. The van der Waals surface area contributed by atoms with Crippen LogP contribution in [-0.4, -0.2) is 41.2 Å². The normalized spacial score (nSPS) is 21.4. The van der Waals surface area contributed by atoms with Crippen LogP contribution in [0.3, 0.4) is 0 Å². The molecular formula is C20H25N3O2. The Bertz CT molecular complexity index is 737. The van der Waals surface area contributed by atoms with Crippen LogP contribution < -0.4 is 10.1 Å². The van der Waals surface area contributed by atoms with Crippen molar-refractivity contribution in [2.24, 2.45) is 0 Å². The van der Waals surface area contributed by atoms with Gasteiger partial charge in [-0.1, -0.05) is 37.5 Å². The highest BCUT2D eigenvalue weighted by Crippen LogP contribution is 2.26. The molecule has 2 amide bonds. The van der Waals surface area contributed by atoms with Crippen molar-refractivity contribution in [1.29, 1.82) is 0 Å². The summed E-state index contributed by atoms with van der Waals surface area (Å²) in [5.74, 6) is 0.803. The number of amides is 2. The van der Waals surface area contributed by atoms with Crippen LogP contribution >= 0.6 is 0 Å². The monoisotopic (exact) mass is 339 g/mol. The Morgan fingerprint density at radius 1 is 1.12 bits per heavy atom. The summed E-state index contributed by atoms with van der Waals surface area (Å²) in [6.45, 7) is 1.39. The van der Waals surface area contributed by atoms with Gasteiger partial charge in [-0.05, 0) is 25.0 Å². The predicted octanol–water partition coefficient (Wildman–Crippen LogP) is 3.73. The lowest BCUT2D eigenvalue weighted by Gasteiger charge is -2.26. The van der Waals surface area contributed by atoms with Gasteiger partial charge in [0.15, 0.2) is 0 Å². The van der Waals surface area contributed by atoms with Gasteiger partial charge in [-0.3, -0.25) is 4.98 Å². The molecule has 1 aromatic carbocycles. The van der Waals surface area contributed by atoms with Crippen molar-refractivity contribution in [2.45, 2.75) is 50.7 Å². The molecule has 1 aliphatic heterocycles. The fourth-order valence-electron chi connectivity index (χ4n) is 3.87. The number of aromatic nitrogens is 1. The van der Waals surface area contributed by atoms with Gasteiger partial charge in [-0.15, -0.1) is 0 Å². The lowest BCUT2D eigenvalue weighted by molar-refractivity contribution is 0.182. The molecule has 2 aromatic rings. The fraction of sp³-hybridized carbons (Fsp3) is 0.500. The molecule has 5 heteroatoms. The summed E-state index contributed by atoms with van der Waals surface area (Å²) in [7, 11) is 0. The van der Waals surface area contributed by atoms with Crippen LogP contribution in [0.5, 0.6) is 5.75 Å². The molecule has 0 spiro atoms. The van der Waals surface area contributed by atoms with Gasteiger partial charge in [0.2, 0.25) is 0 Å². The number of nitrogens with zero attached hydrogens (tertiary/aromatic N) is 2. The van der Waals surface area contributed by atoms with Gasteiger partial charge in [0.1, 0.15) is 17.4 Å². The fourth-order valence-corrected chi connectivity index (χ4v) is 3.87. The first-order valence-electron chi connectivity index (χ1n) is 9.35. The van der Waals surface area contributed by atoms with E-state index in [1.165, 1.54) is 19.3 Å². The molecule has 2 aliphatic rings. The van der Waals surface area contributed by atoms with Gasteiger partial charge in [0.25, 0.3) is 0 Å². The number of para-hydroxylation sites is 1. The van der Waals surface area contributed by atoms with Gasteiger partial charge in [0, 0.05) is 30.6 Å². The zero-order valence-corrected chi connectivity index (χ0v) is 14.5. The van der Waals surface area contributed by atoms with Crippen molar-refractivity contribution >= 4 is 16.9 Å². The standard InChI is InChI=1S/C20H25N3O2/c24-20(22-16-8-2-1-3-9-16)23-13-11-17(14-23)25-18-10-4-6-15-7-5-12-21-19(15)18/h4-7,10,12,16-17H,1-3,8-9,11,13-14H2,(H,22,24). The average Bonchev–Trinajstić information content (AvgIpc) is 3.12. The van der Waals surface area contributed by atoms with Crippen molar-refractivity contribution in [3.8, 4) is 5.75 Å². The number of hydrogen-bond donors (Lipinski definition) is 1. The van der Waals surface area contributed by atoms with Gasteiger partial charge >= 0.3 is 6.03 Å². The van der Waals surface area contributed by atoms with E-state index in [0.29, 0.717) is 12.6 Å². The van der Waals surface area contributed by atoms with Crippen molar-refractivity contribution in [3.63, 3.8) is 0 Å². The molecule has 2 fully saturated rings. The number of urea groups is 1. The van der Waals surface area contributed by atoms with E-state index in [-0.39, 0.29) is 12.1 Å². The second-order valence-electron chi connectivity index (χ2n) is 7.09. The molecule has 2 heterocycles. The van der Waals surface area contributed by atoms with Gasteiger partial charge in [-0.25, -0.2) is 4.79 Å². The maximum absolute atomic E-state index is 12.5. The van der Waals surface area contributed by atoms with E-state index in [1.54, 1.807) is 6.20 Å². The lowest BCUT2D eigenvalue weighted by Crippen LogP contribution is -2.45. The first kappa shape index (κ1) is 16.2.